The molecule has 0 unspecified atom stereocenters. The summed E-state index contributed by atoms with van der Waals surface area (Å²) in [7, 11) is 0. The number of carbonyl (C=O) groups excluding carboxylic acids is 2. The number of hydrogen-bond donors (Lipinski definition) is 2. The number of rotatable bonds is 7. The number of phenols is 1. The zero-order chi connectivity index (χ0) is 25.6. The molecule has 192 valence electrons. The molecule has 2 N–H and O–H groups in total. The number of carbonyl (C=O) groups is 2. The van der Waals surface area contributed by atoms with Crippen LogP contribution in [0.3, 0.4) is 0 Å². The monoisotopic (exact) mass is 500 g/mol. The quantitative estimate of drug-likeness (QED) is 0.489. The third kappa shape index (κ3) is 5.88. The van der Waals surface area contributed by atoms with Gasteiger partial charge in [-0.2, -0.15) is 0 Å². The normalized spacial score (nSPS) is 18.0. The van der Waals surface area contributed by atoms with Crippen molar-refractivity contribution in [3.05, 3.63) is 90.0 Å². The smallest absolute Gasteiger partial charge is 0.268 e. The van der Waals surface area contributed by atoms with Gasteiger partial charge in [0, 0.05) is 12.6 Å². The van der Waals surface area contributed by atoms with Gasteiger partial charge in [-0.05, 0) is 48.2 Å². The second-order valence-electron chi connectivity index (χ2n) is 9.65. The molecule has 1 aliphatic heterocycles. The summed E-state index contributed by atoms with van der Waals surface area (Å²) >= 11 is 0. The lowest BCUT2D eigenvalue weighted by molar-refractivity contribution is -0.149. The number of aromatic hydroxyl groups is 1. The second kappa shape index (κ2) is 11.4. The molecule has 5 rings (SSSR count). The van der Waals surface area contributed by atoms with E-state index in [-0.39, 0.29) is 36.8 Å². The first-order chi connectivity index (χ1) is 18.1. The van der Waals surface area contributed by atoms with Gasteiger partial charge in [0.1, 0.15) is 18.4 Å². The van der Waals surface area contributed by atoms with Crippen LogP contribution in [0.1, 0.15) is 49.3 Å². The van der Waals surface area contributed by atoms with Gasteiger partial charge < -0.3 is 24.8 Å². The van der Waals surface area contributed by atoms with E-state index in [2.05, 4.69) is 5.32 Å². The van der Waals surface area contributed by atoms with Crippen LogP contribution in [0, 0.1) is 0 Å². The van der Waals surface area contributed by atoms with Crippen LogP contribution in [0.4, 0.5) is 0 Å². The average Bonchev–Trinajstić information content (AvgIpc) is 2.94. The fourth-order valence-corrected chi connectivity index (χ4v) is 5.06. The highest BCUT2D eigenvalue weighted by atomic mass is 16.6. The van der Waals surface area contributed by atoms with Crippen LogP contribution in [-0.4, -0.2) is 40.6 Å². The van der Waals surface area contributed by atoms with Gasteiger partial charge in [-0.15, -0.1) is 0 Å². The molecule has 0 saturated heterocycles. The summed E-state index contributed by atoms with van der Waals surface area (Å²) in [5.41, 5.74) is 1.51. The van der Waals surface area contributed by atoms with Crippen LogP contribution >= 0.6 is 0 Å². The van der Waals surface area contributed by atoms with E-state index in [9.17, 15) is 14.7 Å². The van der Waals surface area contributed by atoms with Gasteiger partial charge in [-0.3, -0.25) is 9.59 Å². The summed E-state index contributed by atoms with van der Waals surface area (Å²) in [5, 5.41) is 13.1. The molecule has 7 heteroatoms. The Balaban J connectivity index is 1.49. The van der Waals surface area contributed by atoms with Crippen molar-refractivity contribution in [2.45, 2.75) is 56.8 Å². The Labute approximate surface area is 217 Å². The van der Waals surface area contributed by atoms with Gasteiger partial charge in [0.25, 0.3) is 5.91 Å². The number of fused-ring (bicyclic) bond motifs is 1. The van der Waals surface area contributed by atoms with Crippen molar-refractivity contribution in [2.75, 3.05) is 6.61 Å². The zero-order valence-corrected chi connectivity index (χ0v) is 20.7. The average molecular weight is 501 g/mol. The molecule has 2 atom stereocenters. The molecule has 2 amide bonds. The zero-order valence-electron chi connectivity index (χ0n) is 20.7. The molecule has 1 fully saturated rings. The van der Waals surface area contributed by atoms with Crippen molar-refractivity contribution in [1.29, 1.82) is 0 Å². The first kappa shape index (κ1) is 24.7. The van der Waals surface area contributed by atoms with Crippen molar-refractivity contribution in [2.24, 2.45) is 0 Å². The number of nitrogens with zero attached hydrogens (tertiary/aromatic N) is 1. The molecule has 0 radical (unpaired) electrons. The minimum absolute atomic E-state index is 0.0493. The van der Waals surface area contributed by atoms with Crippen LogP contribution in [-0.2, 0) is 16.1 Å². The van der Waals surface area contributed by atoms with E-state index in [4.69, 9.17) is 9.47 Å². The number of benzene rings is 3. The minimum atomic E-state index is -0.906. The maximum absolute atomic E-state index is 14.1. The number of hydrogen-bond acceptors (Lipinski definition) is 5. The molecule has 7 nitrogen and oxygen atoms in total. The Hall–Kier alpha value is -4.00. The molecule has 0 spiro atoms. The molecule has 1 saturated carbocycles. The minimum Gasteiger partial charge on any atom is -0.508 e. The Kier molecular flexibility index (Phi) is 7.59. The number of nitrogens with one attached hydrogen (secondary N) is 1. The van der Waals surface area contributed by atoms with E-state index in [1.165, 1.54) is 18.6 Å². The van der Waals surface area contributed by atoms with Crippen LogP contribution in [0.5, 0.6) is 17.2 Å². The fourth-order valence-electron chi connectivity index (χ4n) is 5.06. The Morgan fingerprint density at radius 1 is 0.892 bits per heavy atom. The summed E-state index contributed by atoms with van der Waals surface area (Å²) in [6, 6.07) is 22.5. The molecule has 0 bridgehead atoms. The summed E-state index contributed by atoms with van der Waals surface area (Å²) < 4.78 is 11.9. The summed E-state index contributed by atoms with van der Waals surface area (Å²) in [6.45, 7) is 0.262. The van der Waals surface area contributed by atoms with Crippen LogP contribution < -0.4 is 14.8 Å². The molecular formula is C30H32N2O5. The van der Waals surface area contributed by atoms with E-state index < -0.39 is 12.1 Å². The molecular weight excluding hydrogens is 468 g/mol. The van der Waals surface area contributed by atoms with Gasteiger partial charge in [0.05, 0.1) is 0 Å². The summed E-state index contributed by atoms with van der Waals surface area (Å²) in [5.74, 6) is 0.608. The molecule has 0 aromatic heterocycles. The SMILES string of the molecule is O=C(NC1CCCCC1)[C@@H](c1ccc(O)cc1)N(Cc1ccccc1)C(=O)[C@H]1COc2ccccc2O1. The Morgan fingerprint density at radius 2 is 1.57 bits per heavy atom. The first-order valence-corrected chi connectivity index (χ1v) is 12.9. The lowest BCUT2D eigenvalue weighted by atomic mass is 9.94. The number of ether oxygens (including phenoxy) is 2. The molecule has 3 aromatic carbocycles. The third-order valence-electron chi connectivity index (χ3n) is 6.98. The number of phenolic OH excluding ortho intramolecular Hbond substituents is 1. The summed E-state index contributed by atoms with van der Waals surface area (Å²) in [6.07, 6.45) is 4.28. The van der Waals surface area contributed by atoms with Crippen molar-refractivity contribution in [3.63, 3.8) is 0 Å². The van der Waals surface area contributed by atoms with Gasteiger partial charge >= 0.3 is 0 Å². The largest absolute Gasteiger partial charge is 0.508 e. The molecule has 37 heavy (non-hydrogen) atoms. The third-order valence-corrected chi connectivity index (χ3v) is 6.98. The Morgan fingerprint density at radius 3 is 2.30 bits per heavy atom. The van der Waals surface area contributed by atoms with Crippen molar-refractivity contribution in [1.82, 2.24) is 10.2 Å². The molecule has 1 aliphatic carbocycles. The lowest BCUT2D eigenvalue weighted by Gasteiger charge is -2.36. The fraction of sp³-hybridized carbons (Fsp3) is 0.333. The van der Waals surface area contributed by atoms with Gasteiger partial charge in [-0.1, -0.05) is 73.9 Å². The van der Waals surface area contributed by atoms with Crippen LogP contribution in [0.2, 0.25) is 0 Å². The maximum atomic E-state index is 14.1. The summed E-state index contributed by atoms with van der Waals surface area (Å²) in [4.78, 5) is 29.5. The molecule has 2 aliphatic rings. The van der Waals surface area contributed by atoms with Crippen molar-refractivity contribution < 1.29 is 24.2 Å². The predicted octanol–water partition coefficient (Wildman–Crippen LogP) is 4.75. The highest BCUT2D eigenvalue weighted by Crippen LogP contribution is 2.33. The van der Waals surface area contributed by atoms with E-state index in [1.807, 2.05) is 42.5 Å². The van der Waals surface area contributed by atoms with Crippen LogP contribution in [0.15, 0.2) is 78.9 Å². The van der Waals surface area contributed by atoms with E-state index in [0.717, 1.165) is 31.2 Å². The van der Waals surface area contributed by atoms with E-state index in [1.54, 1.807) is 29.2 Å². The number of amides is 2. The maximum Gasteiger partial charge on any atom is 0.268 e. The second-order valence-corrected chi connectivity index (χ2v) is 9.65. The van der Waals surface area contributed by atoms with Crippen molar-refractivity contribution in [3.8, 4) is 17.2 Å². The standard InChI is InChI=1S/C30H32N2O5/c33-24-17-15-22(16-18-24)28(29(34)31-23-11-5-2-6-12-23)32(19-21-9-3-1-4-10-21)30(35)27-20-36-25-13-7-8-14-26(25)37-27/h1,3-4,7-10,13-18,23,27-28,33H,2,5-6,11-12,19-20H2,(H,31,34)/t27-,28-/m1/s1. The number of para-hydroxylation sites is 2. The first-order valence-electron chi connectivity index (χ1n) is 12.9. The predicted molar refractivity (Wildman–Crippen MR) is 139 cm³/mol. The topological polar surface area (TPSA) is 88.1 Å². The van der Waals surface area contributed by atoms with E-state index in [0.29, 0.717) is 17.1 Å². The van der Waals surface area contributed by atoms with Crippen LogP contribution in [0.25, 0.3) is 0 Å². The van der Waals surface area contributed by atoms with Gasteiger partial charge in [0.2, 0.25) is 12.0 Å². The Bertz CT molecular complexity index is 1210. The van der Waals surface area contributed by atoms with E-state index >= 15 is 0 Å². The highest BCUT2D eigenvalue weighted by Gasteiger charge is 2.38. The van der Waals surface area contributed by atoms with Gasteiger partial charge in [0.15, 0.2) is 11.5 Å². The molecule has 3 aromatic rings. The van der Waals surface area contributed by atoms with Crippen molar-refractivity contribution >= 4 is 11.8 Å². The highest BCUT2D eigenvalue weighted by molar-refractivity contribution is 5.91. The van der Waals surface area contributed by atoms with Gasteiger partial charge in [-0.25, -0.2) is 0 Å². The molecule has 1 heterocycles. The lowest BCUT2D eigenvalue weighted by Crippen LogP contribution is -2.52.